The smallest absolute Gasteiger partial charge is 0.340 e. The van der Waals surface area contributed by atoms with Crippen LogP contribution in [0.25, 0.3) is 0 Å². The topological polar surface area (TPSA) is 76.5 Å². The molecule has 1 atom stereocenters. The van der Waals surface area contributed by atoms with Gasteiger partial charge in [0.05, 0.1) is 17.1 Å². The molecule has 0 bridgehead atoms. The molecule has 24 heavy (non-hydrogen) atoms. The lowest BCUT2D eigenvalue weighted by Crippen LogP contribution is -2.41. The second-order valence-corrected chi connectivity index (χ2v) is 8.20. The van der Waals surface area contributed by atoms with E-state index < -0.39 is 50.7 Å². The fourth-order valence-corrected chi connectivity index (χ4v) is 4.41. The fourth-order valence-electron chi connectivity index (χ4n) is 2.41. The highest BCUT2D eigenvalue weighted by Gasteiger charge is 2.34. The number of aromatic nitrogens is 1. The Bertz CT molecular complexity index is 819. The van der Waals surface area contributed by atoms with Gasteiger partial charge < -0.3 is 9.47 Å². The molecule has 0 aliphatic carbocycles. The first-order valence-corrected chi connectivity index (χ1v) is 9.04. The molecule has 0 unspecified atom stereocenters. The number of sulfone groups is 1. The molecule has 1 amide bonds. The Hall–Kier alpha value is -1.55. The standard InChI is InChI=1S/C13H14ClF3N2O4S/c1-18(9-2-3-24(22,23)7-9)11(20)6-19-5-8(13(15,16)17)4-10(14)12(19)21/h4-5,9H,2-3,6-7H2,1H3/t9-/m1/s1. The molecule has 2 heterocycles. The van der Waals surface area contributed by atoms with Gasteiger partial charge in [0, 0.05) is 19.3 Å². The molecule has 134 valence electrons. The molecular formula is C13H14ClF3N2O4S. The summed E-state index contributed by atoms with van der Waals surface area (Å²) in [7, 11) is -1.86. The van der Waals surface area contributed by atoms with Gasteiger partial charge in [-0.3, -0.25) is 9.59 Å². The summed E-state index contributed by atoms with van der Waals surface area (Å²) >= 11 is 5.52. The first kappa shape index (κ1) is 18.8. The maximum Gasteiger partial charge on any atom is 0.417 e. The predicted molar refractivity (Wildman–Crippen MR) is 80.5 cm³/mol. The van der Waals surface area contributed by atoms with Gasteiger partial charge in [-0.25, -0.2) is 8.42 Å². The van der Waals surface area contributed by atoms with Crippen molar-refractivity contribution in [1.29, 1.82) is 0 Å². The lowest BCUT2D eigenvalue weighted by Gasteiger charge is -2.24. The monoisotopic (exact) mass is 386 g/mol. The van der Waals surface area contributed by atoms with Crippen LogP contribution in [0.3, 0.4) is 0 Å². The van der Waals surface area contributed by atoms with Crippen LogP contribution in [0.1, 0.15) is 12.0 Å². The number of carbonyl (C=O) groups is 1. The van der Waals surface area contributed by atoms with Crippen molar-refractivity contribution >= 4 is 27.3 Å². The Kier molecular flexibility index (Phi) is 5.01. The average molecular weight is 387 g/mol. The summed E-state index contributed by atoms with van der Waals surface area (Å²) in [6.07, 6.45) is -3.94. The Morgan fingerprint density at radius 3 is 2.58 bits per heavy atom. The third-order valence-electron chi connectivity index (χ3n) is 3.82. The second-order valence-electron chi connectivity index (χ2n) is 5.57. The summed E-state index contributed by atoms with van der Waals surface area (Å²) in [4.78, 5) is 25.2. The van der Waals surface area contributed by atoms with E-state index in [1.807, 2.05) is 0 Å². The van der Waals surface area contributed by atoms with Crippen LogP contribution in [0.15, 0.2) is 17.1 Å². The molecule has 0 aromatic carbocycles. The third kappa shape index (κ3) is 4.10. The van der Waals surface area contributed by atoms with E-state index in [9.17, 15) is 31.2 Å². The lowest BCUT2D eigenvalue weighted by atomic mass is 10.2. The number of carbonyl (C=O) groups excluding carboxylic acids is 1. The molecule has 1 aliphatic rings. The Morgan fingerprint density at radius 2 is 2.08 bits per heavy atom. The van der Waals surface area contributed by atoms with Gasteiger partial charge >= 0.3 is 6.18 Å². The summed E-state index contributed by atoms with van der Waals surface area (Å²) in [5.74, 6) is -0.924. The summed E-state index contributed by atoms with van der Waals surface area (Å²) in [5.41, 5.74) is -2.07. The van der Waals surface area contributed by atoms with Crippen molar-refractivity contribution in [2.45, 2.75) is 25.2 Å². The summed E-state index contributed by atoms with van der Waals surface area (Å²) in [6.45, 7) is -0.657. The molecule has 1 aromatic heterocycles. The number of halogens is 4. The number of alkyl halides is 3. The first-order chi connectivity index (χ1) is 10.9. The van der Waals surface area contributed by atoms with E-state index in [1.54, 1.807) is 0 Å². The Labute approximate surface area is 140 Å². The zero-order chi connectivity index (χ0) is 18.3. The van der Waals surface area contributed by atoms with Crippen LogP contribution in [0, 0.1) is 0 Å². The number of pyridine rings is 1. The van der Waals surface area contributed by atoms with Crippen LogP contribution in [0.2, 0.25) is 5.02 Å². The van der Waals surface area contributed by atoms with Gasteiger partial charge in [0.15, 0.2) is 9.84 Å². The lowest BCUT2D eigenvalue weighted by molar-refractivity contribution is -0.138. The fraction of sp³-hybridized carbons (Fsp3) is 0.538. The van der Waals surface area contributed by atoms with Gasteiger partial charge in [-0.15, -0.1) is 0 Å². The zero-order valence-corrected chi connectivity index (χ0v) is 14.1. The van der Waals surface area contributed by atoms with E-state index in [1.165, 1.54) is 7.05 Å². The van der Waals surface area contributed by atoms with Gasteiger partial charge in [0.25, 0.3) is 5.56 Å². The molecule has 1 saturated heterocycles. The Balaban J connectivity index is 2.23. The molecule has 1 aliphatic heterocycles. The van der Waals surface area contributed by atoms with Crippen molar-refractivity contribution in [3.63, 3.8) is 0 Å². The first-order valence-electron chi connectivity index (χ1n) is 6.84. The minimum atomic E-state index is -4.71. The number of amides is 1. The highest BCUT2D eigenvalue weighted by molar-refractivity contribution is 7.91. The van der Waals surface area contributed by atoms with Crippen LogP contribution in [-0.4, -0.2) is 48.4 Å². The molecule has 1 aromatic rings. The highest BCUT2D eigenvalue weighted by atomic mass is 35.5. The molecule has 6 nitrogen and oxygen atoms in total. The number of hydrogen-bond donors (Lipinski definition) is 0. The van der Waals surface area contributed by atoms with E-state index in [4.69, 9.17) is 11.6 Å². The normalized spacial score (nSPS) is 20.1. The van der Waals surface area contributed by atoms with Crippen molar-refractivity contribution in [2.75, 3.05) is 18.6 Å². The van der Waals surface area contributed by atoms with Crippen LogP contribution >= 0.6 is 11.6 Å². The van der Waals surface area contributed by atoms with Crippen molar-refractivity contribution in [2.24, 2.45) is 0 Å². The summed E-state index contributed by atoms with van der Waals surface area (Å²) in [5, 5.41) is -0.649. The SMILES string of the molecule is CN(C(=O)Cn1cc(C(F)(F)F)cc(Cl)c1=O)[C@@H]1CCS(=O)(=O)C1. The van der Waals surface area contributed by atoms with Gasteiger partial charge in [0.1, 0.15) is 11.6 Å². The largest absolute Gasteiger partial charge is 0.417 e. The van der Waals surface area contributed by atoms with Crippen LogP contribution < -0.4 is 5.56 Å². The molecule has 0 saturated carbocycles. The number of nitrogens with zero attached hydrogens (tertiary/aromatic N) is 2. The van der Waals surface area contributed by atoms with Crippen molar-refractivity contribution in [1.82, 2.24) is 9.47 Å². The third-order valence-corrected chi connectivity index (χ3v) is 5.85. The van der Waals surface area contributed by atoms with Crippen molar-refractivity contribution in [3.05, 3.63) is 33.2 Å². The van der Waals surface area contributed by atoms with E-state index in [-0.39, 0.29) is 17.9 Å². The van der Waals surface area contributed by atoms with E-state index in [2.05, 4.69) is 0 Å². The minimum Gasteiger partial charge on any atom is -0.340 e. The van der Waals surface area contributed by atoms with Crippen molar-refractivity contribution in [3.8, 4) is 0 Å². The molecule has 0 radical (unpaired) electrons. The summed E-state index contributed by atoms with van der Waals surface area (Å²) in [6, 6.07) is -0.0579. The van der Waals surface area contributed by atoms with Gasteiger partial charge in [-0.05, 0) is 12.5 Å². The van der Waals surface area contributed by atoms with E-state index in [0.717, 1.165) is 4.90 Å². The second kappa shape index (κ2) is 6.40. The quantitative estimate of drug-likeness (QED) is 0.781. The maximum atomic E-state index is 12.8. The number of hydrogen-bond acceptors (Lipinski definition) is 4. The molecule has 1 fully saturated rings. The van der Waals surface area contributed by atoms with Crippen LogP contribution in [0.5, 0.6) is 0 Å². The Morgan fingerprint density at radius 1 is 1.46 bits per heavy atom. The van der Waals surface area contributed by atoms with E-state index >= 15 is 0 Å². The number of likely N-dealkylation sites (N-methyl/N-ethyl adjacent to an activating group) is 1. The van der Waals surface area contributed by atoms with Gasteiger partial charge in [-0.1, -0.05) is 11.6 Å². The van der Waals surface area contributed by atoms with E-state index in [0.29, 0.717) is 16.8 Å². The zero-order valence-electron chi connectivity index (χ0n) is 12.5. The summed E-state index contributed by atoms with van der Waals surface area (Å²) < 4.78 is 61.8. The average Bonchev–Trinajstić information content (AvgIpc) is 2.81. The highest BCUT2D eigenvalue weighted by Crippen LogP contribution is 2.29. The van der Waals surface area contributed by atoms with Crippen LogP contribution in [0.4, 0.5) is 13.2 Å². The molecular weight excluding hydrogens is 373 g/mol. The predicted octanol–water partition coefficient (Wildman–Crippen LogP) is 1.17. The molecule has 0 spiro atoms. The van der Waals surface area contributed by atoms with Crippen LogP contribution in [-0.2, 0) is 27.4 Å². The maximum absolute atomic E-state index is 12.8. The minimum absolute atomic E-state index is 0.0510. The van der Waals surface area contributed by atoms with Gasteiger partial charge in [0.2, 0.25) is 5.91 Å². The molecule has 11 heteroatoms. The number of rotatable bonds is 3. The molecule has 0 N–H and O–H groups in total. The van der Waals surface area contributed by atoms with Gasteiger partial charge in [-0.2, -0.15) is 13.2 Å². The molecule has 2 rings (SSSR count). The van der Waals surface area contributed by atoms with Crippen molar-refractivity contribution < 1.29 is 26.4 Å².